The molecule has 1 aliphatic heterocycles. The highest BCUT2D eigenvalue weighted by Gasteiger charge is 2.18. The van der Waals surface area contributed by atoms with E-state index < -0.39 is 0 Å². The molecule has 108 valence electrons. The van der Waals surface area contributed by atoms with Crippen LogP contribution < -0.4 is 5.32 Å². The Morgan fingerprint density at radius 2 is 1.33 bits per heavy atom. The van der Waals surface area contributed by atoms with Gasteiger partial charge in [0.15, 0.2) is 0 Å². The number of nitrogens with one attached hydrogen (secondary N) is 1. The summed E-state index contributed by atoms with van der Waals surface area (Å²) in [7, 11) is 0. The van der Waals surface area contributed by atoms with Crippen LogP contribution in [0.25, 0.3) is 0 Å². The molecule has 0 saturated carbocycles. The molecule has 0 bridgehead atoms. The van der Waals surface area contributed by atoms with Gasteiger partial charge in [-0.05, 0) is 26.2 Å². The molecule has 1 fully saturated rings. The maximum absolute atomic E-state index is 3.68. The van der Waals surface area contributed by atoms with Gasteiger partial charge in [0.2, 0.25) is 0 Å². The molecule has 0 aromatic heterocycles. The maximum Gasteiger partial charge on any atom is 0.00701 e. The van der Waals surface area contributed by atoms with Crippen LogP contribution in [0.5, 0.6) is 0 Å². The molecule has 1 heteroatoms. The first-order valence-corrected chi connectivity index (χ1v) is 8.59. The molecule has 0 aromatic carbocycles. The Labute approximate surface area is 115 Å². The normalized spacial score (nSPS) is 23.7. The highest BCUT2D eigenvalue weighted by molar-refractivity contribution is 4.80. The van der Waals surface area contributed by atoms with E-state index >= 15 is 0 Å². The van der Waals surface area contributed by atoms with Crippen LogP contribution in [0.2, 0.25) is 0 Å². The Balaban J connectivity index is 1.73. The van der Waals surface area contributed by atoms with Crippen molar-refractivity contribution >= 4 is 0 Å². The van der Waals surface area contributed by atoms with Gasteiger partial charge in [-0.25, -0.2) is 0 Å². The van der Waals surface area contributed by atoms with Crippen LogP contribution in [-0.2, 0) is 0 Å². The van der Waals surface area contributed by atoms with Gasteiger partial charge < -0.3 is 5.32 Å². The minimum absolute atomic E-state index is 0.776. The molecule has 0 aliphatic carbocycles. The van der Waals surface area contributed by atoms with Gasteiger partial charge in [-0.3, -0.25) is 0 Å². The molecule has 1 N–H and O–H groups in total. The average molecular weight is 253 g/mol. The van der Waals surface area contributed by atoms with Gasteiger partial charge in [-0.2, -0.15) is 0 Å². The quantitative estimate of drug-likeness (QED) is 0.484. The molecule has 0 spiro atoms. The van der Waals surface area contributed by atoms with Crippen molar-refractivity contribution in [1.82, 2.24) is 5.32 Å². The summed E-state index contributed by atoms with van der Waals surface area (Å²) < 4.78 is 0. The lowest BCUT2D eigenvalue weighted by atomic mass is 10.0. The van der Waals surface area contributed by atoms with Gasteiger partial charge in [0, 0.05) is 12.1 Å². The standard InChI is InChI=1S/C17H35N/c1-3-4-5-6-7-8-9-10-11-12-13-17-15-14-16(2)18-17/h16-18H,3-15H2,1-2H3. The van der Waals surface area contributed by atoms with E-state index in [1.807, 2.05) is 0 Å². The third-order valence-electron chi connectivity index (χ3n) is 4.37. The predicted molar refractivity (Wildman–Crippen MR) is 82.1 cm³/mol. The molecule has 1 nitrogen and oxygen atoms in total. The van der Waals surface area contributed by atoms with Crippen LogP contribution in [0.15, 0.2) is 0 Å². The second kappa shape index (κ2) is 10.8. The van der Waals surface area contributed by atoms with Crippen LogP contribution >= 0.6 is 0 Å². The largest absolute Gasteiger partial charge is 0.312 e. The van der Waals surface area contributed by atoms with E-state index in [2.05, 4.69) is 19.2 Å². The molecular formula is C17H35N. The van der Waals surface area contributed by atoms with Crippen LogP contribution in [-0.4, -0.2) is 12.1 Å². The number of rotatable bonds is 11. The lowest BCUT2D eigenvalue weighted by Gasteiger charge is -2.11. The highest BCUT2D eigenvalue weighted by Crippen LogP contribution is 2.18. The molecule has 1 aliphatic rings. The summed E-state index contributed by atoms with van der Waals surface area (Å²) in [5.74, 6) is 0. The summed E-state index contributed by atoms with van der Waals surface area (Å²) in [6.07, 6.45) is 18.8. The van der Waals surface area contributed by atoms with E-state index in [1.54, 1.807) is 0 Å². The van der Waals surface area contributed by atoms with Crippen molar-refractivity contribution in [1.29, 1.82) is 0 Å². The minimum atomic E-state index is 0.776. The molecule has 1 rings (SSSR count). The van der Waals surface area contributed by atoms with E-state index in [9.17, 15) is 0 Å². The van der Waals surface area contributed by atoms with Gasteiger partial charge in [0.25, 0.3) is 0 Å². The summed E-state index contributed by atoms with van der Waals surface area (Å²) in [5.41, 5.74) is 0. The fourth-order valence-corrected chi connectivity index (χ4v) is 3.13. The van der Waals surface area contributed by atoms with Crippen molar-refractivity contribution < 1.29 is 0 Å². The van der Waals surface area contributed by atoms with Gasteiger partial charge in [-0.1, -0.05) is 71.1 Å². The molecular weight excluding hydrogens is 218 g/mol. The van der Waals surface area contributed by atoms with Crippen LogP contribution in [0.4, 0.5) is 0 Å². The number of hydrogen-bond acceptors (Lipinski definition) is 1. The summed E-state index contributed by atoms with van der Waals surface area (Å²) in [4.78, 5) is 0. The van der Waals surface area contributed by atoms with Crippen molar-refractivity contribution in [2.75, 3.05) is 0 Å². The Hall–Kier alpha value is -0.0400. The molecule has 1 saturated heterocycles. The molecule has 0 aromatic rings. The predicted octanol–water partition coefficient (Wildman–Crippen LogP) is 5.44. The zero-order valence-corrected chi connectivity index (χ0v) is 12.8. The Bertz CT molecular complexity index is 178. The van der Waals surface area contributed by atoms with Crippen molar-refractivity contribution in [2.24, 2.45) is 0 Å². The van der Waals surface area contributed by atoms with Crippen LogP contribution in [0.1, 0.15) is 97.3 Å². The lowest BCUT2D eigenvalue weighted by Crippen LogP contribution is -2.26. The second-order valence-corrected chi connectivity index (χ2v) is 6.31. The zero-order valence-electron chi connectivity index (χ0n) is 12.8. The SMILES string of the molecule is CCCCCCCCCCCCC1CCC(C)N1. The molecule has 0 radical (unpaired) electrons. The van der Waals surface area contributed by atoms with E-state index in [0.717, 1.165) is 12.1 Å². The van der Waals surface area contributed by atoms with Gasteiger partial charge in [-0.15, -0.1) is 0 Å². The fourth-order valence-electron chi connectivity index (χ4n) is 3.13. The van der Waals surface area contributed by atoms with E-state index in [1.165, 1.54) is 83.5 Å². The van der Waals surface area contributed by atoms with Crippen molar-refractivity contribution in [3.05, 3.63) is 0 Å². The molecule has 2 atom stereocenters. The molecule has 2 unspecified atom stereocenters. The zero-order chi connectivity index (χ0) is 13.1. The van der Waals surface area contributed by atoms with Crippen LogP contribution in [0.3, 0.4) is 0 Å². The fraction of sp³-hybridized carbons (Fsp3) is 1.00. The Morgan fingerprint density at radius 1 is 0.778 bits per heavy atom. The van der Waals surface area contributed by atoms with Gasteiger partial charge >= 0.3 is 0 Å². The first-order chi connectivity index (χ1) is 8.83. The minimum Gasteiger partial charge on any atom is -0.312 e. The third-order valence-corrected chi connectivity index (χ3v) is 4.37. The van der Waals surface area contributed by atoms with Crippen LogP contribution in [0, 0.1) is 0 Å². The third kappa shape index (κ3) is 8.13. The number of unbranched alkanes of at least 4 members (excludes halogenated alkanes) is 9. The maximum atomic E-state index is 3.68. The van der Waals surface area contributed by atoms with Crippen molar-refractivity contribution in [3.63, 3.8) is 0 Å². The lowest BCUT2D eigenvalue weighted by molar-refractivity contribution is 0.484. The van der Waals surface area contributed by atoms with Gasteiger partial charge in [0.05, 0.1) is 0 Å². The Morgan fingerprint density at radius 3 is 1.83 bits per heavy atom. The second-order valence-electron chi connectivity index (χ2n) is 6.31. The van der Waals surface area contributed by atoms with E-state index in [-0.39, 0.29) is 0 Å². The van der Waals surface area contributed by atoms with Crippen molar-refractivity contribution in [3.8, 4) is 0 Å². The van der Waals surface area contributed by atoms with E-state index in [0.29, 0.717) is 0 Å². The summed E-state index contributed by atoms with van der Waals surface area (Å²) in [6.45, 7) is 4.61. The summed E-state index contributed by atoms with van der Waals surface area (Å²) in [6, 6.07) is 1.62. The van der Waals surface area contributed by atoms with Crippen molar-refractivity contribution in [2.45, 2.75) is 109 Å². The van der Waals surface area contributed by atoms with E-state index in [4.69, 9.17) is 0 Å². The summed E-state index contributed by atoms with van der Waals surface area (Å²) >= 11 is 0. The number of hydrogen-bond donors (Lipinski definition) is 1. The smallest absolute Gasteiger partial charge is 0.00701 e. The topological polar surface area (TPSA) is 12.0 Å². The highest BCUT2D eigenvalue weighted by atomic mass is 15.0. The Kier molecular flexibility index (Phi) is 9.65. The average Bonchev–Trinajstić information content (AvgIpc) is 2.77. The monoisotopic (exact) mass is 253 g/mol. The molecule has 18 heavy (non-hydrogen) atoms. The molecule has 1 heterocycles. The first kappa shape index (κ1) is 16.0. The summed E-state index contributed by atoms with van der Waals surface area (Å²) in [5, 5.41) is 3.68. The van der Waals surface area contributed by atoms with Gasteiger partial charge in [0.1, 0.15) is 0 Å². The molecule has 0 amide bonds. The first-order valence-electron chi connectivity index (χ1n) is 8.59.